The number of ether oxygens (including phenoxy) is 1. The first kappa shape index (κ1) is 13.4. The molecule has 0 radical (unpaired) electrons. The maximum atomic E-state index is 11.1. The van der Waals surface area contributed by atoms with Crippen molar-refractivity contribution in [1.29, 1.82) is 0 Å². The molecule has 0 aromatic rings. The Morgan fingerprint density at radius 1 is 1.26 bits per heavy atom. The van der Waals surface area contributed by atoms with E-state index in [4.69, 9.17) is 9.84 Å². The highest BCUT2D eigenvalue weighted by molar-refractivity contribution is 5.69. The topological polar surface area (TPSA) is 49.8 Å². The lowest BCUT2D eigenvalue weighted by molar-refractivity contribution is -0.142. The van der Waals surface area contributed by atoms with E-state index in [9.17, 15) is 4.79 Å². The maximum absolute atomic E-state index is 11.1. The molecule has 1 atom stereocenters. The van der Waals surface area contributed by atoms with E-state index in [1.165, 1.54) is 38.5 Å². The predicted molar refractivity (Wildman–Crippen MR) is 72.1 cm³/mol. The van der Waals surface area contributed by atoms with Crippen LogP contribution < -0.4 is 0 Å². The standard InChI is InChI=1S/C15H25NO3/c17-14(18)11-16(10-12-3-4-12)13-5-8-19-15(9-13)6-1-2-7-15/h12-13H,1-11H2,(H,17,18). The Hall–Kier alpha value is -0.610. The minimum Gasteiger partial charge on any atom is -0.480 e. The van der Waals surface area contributed by atoms with Gasteiger partial charge in [-0.2, -0.15) is 0 Å². The molecule has 0 aromatic carbocycles. The largest absolute Gasteiger partial charge is 0.480 e. The van der Waals surface area contributed by atoms with Crippen LogP contribution in [-0.2, 0) is 9.53 Å². The molecule has 2 aliphatic carbocycles. The monoisotopic (exact) mass is 267 g/mol. The lowest BCUT2D eigenvalue weighted by atomic mass is 9.88. The number of hydrogen-bond donors (Lipinski definition) is 1. The molecule has 4 nitrogen and oxygen atoms in total. The molecule has 1 aliphatic heterocycles. The van der Waals surface area contributed by atoms with Crippen LogP contribution in [0.4, 0.5) is 0 Å². The highest BCUT2D eigenvalue weighted by atomic mass is 16.5. The summed E-state index contributed by atoms with van der Waals surface area (Å²) in [6, 6.07) is 0.420. The Morgan fingerprint density at radius 2 is 2.00 bits per heavy atom. The van der Waals surface area contributed by atoms with Crippen LogP contribution >= 0.6 is 0 Å². The minimum absolute atomic E-state index is 0.0865. The van der Waals surface area contributed by atoms with E-state index in [-0.39, 0.29) is 12.1 Å². The van der Waals surface area contributed by atoms with Crippen molar-refractivity contribution in [2.45, 2.75) is 63.0 Å². The van der Waals surface area contributed by atoms with Crippen molar-refractivity contribution < 1.29 is 14.6 Å². The molecule has 0 bridgehead atoms. The quantitative estimate of drug-likeness (QED) is 0.830. The average molecular weight is 267 g/mol. The molecule has 3 fully saturated rings. The van der Waals surface area contributed by atoms with Crippen LogP contribution in [-0.4, -0.2) is 47.3 Å². The lowest BCUT2D eigenvalue weighted by Gasteiger charge is -2.42. The van der Waals surface area contributed by atoms with Crippen LogP contribution in [0.2, 0.25) is 0 Å². The van der Waals surface area contributed by atoms with Gasteiger partial charge in [0.1, 0.15) is 0 Å². The van der Waals surface area contributed by atoms with Gasteiger partial charge in [-0.25, -0.2) is 0 Å². The Bertz CT molecular complexity index is 334. The van der Waals surface area contributed by atoms with E-state index in [1.807, 2.05) is 0 Å². The molecule has 1 unspecified atom stereocenters. The molecule has 0 amide bonds. The Morgan fingerprint density at radius 3 is 2.63 bits per heavy atom. The first-order chi connectivity index (χ1) is 9.17. The average Bonchev–Trinajstić information content (AvgIpc) is 3.09. The molecule has 1 spiro atoms. The van der Waals surface area contributed by atoms with E-state index in [2.05, 4.69) is 4.90 Å². The zero-order chi connectivity index (χ0) is 13.3. The van der Waals surface area contributed by atoms with Crippen molar-refractivity contribution in [3.8, 4) is 0 Å². The Labute approximate surface area is 115 Å². The summed E-state index contributed by atoms with van der Waals surface area (Å²) in [5.41, 5.74) is 0.0865. The molecule has 1 N–H and O–H groups in total. The van der Waals surface area contributed by atoms with Gasteiger partial charge in [0.05, 0.1) is 12.1 Å². The van der Waals surface area contributed by atoms with Gasteiger partial charge in [-0.3, -0.25) is 9.69 Å². The number of aliphatic carboxylic acids is 1. The molecule has 0 aromatic heterocycles. The minimum atomic E-state index is -0.687. The number of hydrogen-bond acceptors (Lipinski definition) is 3. The highest BCUT2D eigenvalue weighted by Gasteiger charge is 2.42. The number of carboxylic acids is 1. The summed E-state index contributed by atoms with van der Waals surface area (Å²) in [5, 5.41) is 9.13. The third kappa shape index (κ3) is 3.29. The van der Waals surface area contributed by atoms with Crippen LogP contribution in [0.1, 0.15) is 51.4 Å². The molecule has 4 heteroatoms. The SMILES string of the molecule is O=C(O)CN(CC1CC1)C1CCOC2(CCCC2)C1. The molecule has 108 valence electrons. The van der Waals surface area contributed by atoms with Crippen LogP contribution in [0.5, 0.6) is 0 Å². The van der Waals surface area contributed by atoms with E-state index >= 15 is 0 Å². The van der Waals surface area contributed by atoms with Gasteiger partial charge >= 0.3 is 5.97 Å². The predicted octanol–water partition coefficient (Wildman–Crippen LogP) is 2.27. The number of carbonyl (C=O) groups is 1. The van der Waals surface area contributed by atoms with Crippen molar-refractivity contribution in [3.05, 3.63) is 0 Å². The van der Waals surface area contributed by atoms with Gasteiger partial charge in [0.25, 0.3) is 0 Å². The second-order valence-corrected chi connectivity index (χ2v) is 6.65. The third-order valence-corrected chi connectivity index (χ3v) is 5.03. The molecule has 19 heavy (non-hydrogen) atoms. The van der Waals surface area contributed by atoms with Crippen molar-refractivity contribution in [1.82, 2.24) is 4.90 Å². The van der Waals surface area contributed by atoms with E-state index in [1.54, 1.807) is 0 Å². The second kappa shape index (κ2) is 5.41. The lowest BCUT2D eigenvalue weighted by Crippen LogP contribution is -2.49. The van der Waals surface area contributed by atoms with Crippen LogP contribution in [0.15, 0.2) is 0 Å². The first-order valence-electron chi connectivity index (χ1n) is 7.77. The van der Waals surface area contributed by atoms with E-state index in [0.717, 1.165) is 31.9 Å². The number of rotatable bonds is 5. The molecular weight excluding hydrogens is 242 g/mol. The van der Waals surface area contributed by atoms with Gasteiger partial charge < -0.3 is 9.84 Å². The van der Waals surface area contributed by atoms with Crippen LogP contribution in [0.25, 0.3) is 0 Å². The number of carboxylic acid groups (broad SMARTS) is 1. The summed E-state index contributed by atoms with van der Waals surface area (Å²) >= 11 is 0. The maximum Gasteiger partial charge on any atom is 0.317 e. The third-order valence-electron chi connectivity index (χ3n) is 5.03. The Balaban J connectivity index is 1.64. The van der Waals surface area contributed by atoms with Gasteiger partial charge in [-0.1, -0.05) is 12.8 Å². The van der Waals surface area contributed by atoms with Crippen LogP contribution in [0, 0.1) is 5.92 Å². The summed E-state index contributed by atoms with van der Waals surface area (Å²) < 4.78 is 6.06. The Kier molecular flexibility index (Phi) is 3.81. The van der Waals surface area contributed by atoms with Crippen LogP contribution in [0.3, 0.4) is 0 Å². The zero-order valence-electron chi connectivity index (χ0n) is 11.6. The smallest absolute Gasteiger partial charge is 0.317 e. The van der Waals surface area contributed by atoms with Crippen molar-refractivity contribution >= 4 is 5.97 Å². The summed E-state index contributed by atoms with van der Waals surface area (Å²) in [6.07, 6.45) is 9.51. The van der Waals surface area contributed by atoms with Gasteiger partial charge in [0, 0.05) is 19.2 Å². The summed E-state index contributed by atoms with van der Waals surface area (Å²) in [7, 11) is 0. The fraction of sp³-hybridized carbons (Fsp3) is 0.933. The first-order valence-corrected chi connectivity index (χ1v) is 7.77. The van der Waals surface area contributed by atoms with Crippen molar-refractivity contribution in [2.75, 3.05) is 19.7 Å². The van der Waals surface area contributed by atoms with Crippen molar-refractivity contribution in [3.63, 3.8) is 0 Å². The normalized spacial score (nSPS) is 30.1. The molecule has 3 rings (SSSR count). The number of nitrogens with zero attached hydrogens (tertiary/aromatic N) is 1. The van der Waals surface area contributed by atoms with Gasteiger partial charge in [0.15, 0.2) is 0 Å². The molecule has 3 aliphatic rings. The van der Waals surface area contributed by atoms with Gasteiger partial charge in [-0.15, -0.1) is 0 Å². The summed E-state index contributed by atoms with van der Waals surface area (Å²) in [6.45, 7) is 2.00. The molecule has 2 saturated carbocycles. The van der Waals surface area contributed by atoms with Crippen molar-refractivity contribution in [2.24, 2.45) is 5.92 Å². The molecular formula is C15H25NO3. The second-order valence-electron chi connectivity index (χ2n) is 6.65. The highest BCUT2D eigenvalue weighted by Crippen LogP contribution is 2.42. The molecule has 1 heterocycles. The summed E-state index contributed by atoms with van der Waals surface area (Å²) in [5.74, 6) is 0.0642. The van der Waals surface area contributed by atoms with Gasteiger partial charge in [0.2, 0.25) is 0 Å². The molecule has 1 saturated heterocycles. The van der Waals surface area contributed by atoms with E-state index in [0.29, 0.717) is 6.04 Å². The zero-order valence-corrected chi connectivity index (χ0v) is 11.6. The summed E-state index contributed by atoms with van der Waals surface area (Å²) in [4.78, 5) is 13.3. The van der Waals surface area contributed by atoms with Gasteiger partial charge in [-0.05, 0) is 44.4 Å². The fourth-order valence-electron chi connectivity index (χ4n) is 3.83. The fourth-order valence-corrected chi connectivity index (χ4v) is 3.83. The van der Waals surface area contributed by atoms with E-state index < -0.39 is 5.97 Å².